The minimum absolute atomic E-state index is 0.0266. The normalized spacial score (nSPS) is 11.0. The molecule has 0 aliphatic rings. The van der Waals surface area contributed by atoms with Gasteiger partial charge in [0.15, 0.2) is 0 Å². The van der Waals surface area contributed by atoms with Gasteiger partial charge in [0.05, 0.1) is 21.2 Å². The van der Waals surface area contributed by atoms with Crippen molar-refractivity contribution >= 4 is 50.8 Å². The zero-order valence-electron chi connectivity index (χ0n) is 27.5. The van der Waals surface area contributed by atoms with Crippen LogP contribution in [0.2, 0.25) is 5.02 Å². The highest BCUT2D eigenvalue weighted by Gasteiger charge is 2.22. The zero-order valence-corrected chi connectivity index (χ0v) is 29.9. The molecule has 0 bridgehead atoms. The SMILES string of the molecule is CCCCCCCCCCCCCCCCCC(=O)Oc1c(Cc2ccccc2)cc(Br)cc1C(=O)Nc1ccc([N+](=O)[O-])cc1Cl. The third-order valence-corrected chi connectivity index (χ3v) is 9.00. The number of anilines is 1. The molecular weight excluding hydrogens is 680 g/mol. The molecule has 254 valence electrons. The van der Waals surface area contributed by atoms with Crippen LogP contribution >= 0.6 is 27.5 Å². The second-order valence-electron chi connectivity index (χ2n) is 12.2. The van der Waals surface area contributed by atoms with Crippen molar-refractivity contribution < 1.29 is 19.2 Å². The fourth-order valence-corrected chi connectivity index (χ4v) is 6.33. The number of benzene rings is 3. The minimum Gasteiger partial charge on any atom is -0.425 e. The number of unbranched alkanes of at least 4 members (excludes halogenated alkanes) is 14. The first kappa shape index (κ1) is 38.2. The predicted octanol–water partition coefficient (Wildman–Crippen LogP) is 12.0. The molecule has 9 heteroatoms. The van der Waals surface area contributed by atoms with E-state index in [1.165, 1.54) is 95.2 Å². The number of nitrogens with one attached hydrogen (secondary N) is 1. The van der Waals surface area contributed by atoms with Crippen molar-refractivity contribution in [1.82, 2.24) is 0 Å². The van der Waals surface area contributed by atoms with Crippen LogP contribution in [0.15, 0.2) is 65.1 Å². The van der Waals surface area contributed by atoms with Gasteiger partial charge < -0.3 is 10.1 Å². The molecule has 0 spiro atoms. The van der Waals surface area contributed by atoms with Crippen molar-refractivity contribution in [2.75, 3.05) is 5.32 Å². The lowest BCUT2D eigenvalue weighted by Gasteiger charge is -2.16. The molecule has 47 heavy (non-hydrogen) atoms. The molecule has 0 aliphatic carbocycles. The average molecular weight is 728 g/mol. The number of nitro groups is 1. The number of nitrogens with zero attached hydrogens (tertiary/aromatic N) is 1. The van der Waals surface area contributed by atoms with Crippen LogP contribution in [0.3, 0.4) is 0 Å². The first-order valence-corrected chi connectivity index (χ1v) is 18.3. The minimum atomic E-state index is -0.558. The Bertz CT molecular complexity index is 1430. The fourth-order valence-electron chi connectivity index (χ4n) is 5.60. The quantitative estimate of drug-likeness (QED) is 0.0365. The Morgan fingerprint density at radius 1 is 0.809 bits per heavy atom. The number of esters is 1. The topological polar surface area (TPSA) is 98.5 Å². The van der Waals surface area contributed by atoms with Crippen molar-refractivity contribution in [2.45, 2.75) is 116 Å². The molecule has 1 N–H and O–H groups in total. The summed E-state index contributed by atoms with van der Waals surface area (Å²) in [7, 11) is 0. The highest BCUT2D eigenvalue weighted by molar-refractivity contribution is 9.10. The van der Waals surface area contributed by atoms with Gasteiger partial charge in [-0.15, -0.1) is 0 Å². The smallest absolute Gasteiger partial charge is 0.311 e. The van der Waals surface area contributed by atoms with Gasteiger partial charge in [0.25, 0.3) is 11.6 Å². The molecule has 0 unspecified atom stereocenters. The van der Waals surface area contributed by atoms with Gasteiger partial charge in [0, 0.05) is 35.0 Å². The van der Waals surface area contributed by atoms with E-state index in [4.69, 9.17) is 16.3 Å². The number of hydrogen-bond donors (Lipinski definition) is 1. The molecule has 0 saturated carbocycles. The van der Waals surface area contributed by atoms with Crippen LogP contribution < -0.4 is 10.1 Å². The largest absolute Gasteiger partial charge is 0.425 e. The van der Waals surface area contributed by atoms with Crippen molar-refractivity contribution in [3.63, 3.8) is 0 Å². The lowest BCUT2D eigenvalue weighted by atomic mass is 10.0. The molecule has 0 radical (unpaired) electrons. The highest BCUT2D eigenvalue weighted by atomic mass is 79.9. The summed E-state index contributed by atoms with van der Waals surface area (Å²) < 4.78 is 6.56. The molecule has 3 aromatic carbocycles. The molecule has 7 nitrogen and oxygen atoms in total. The van der Waals surface area contributed by atoms with E-state index in [1.54, 1.807) is 6.07 Å². The molecular formula is C38H48BrClN2O5. The van der Waals surface area contributed by atoms with E-state index < -0.39 is 16.8 Å². The Hall–Kier alpha value is -3.23. The molecule has 0 aliphatic heterocycles. The molecule has 3 rings (SSSR count). The van der Waals surface area contributed by atoms with Gasteiger partial charge in [-0.05, 0) is 30.2 Å². The van der Waals surface area contributed by atoms with Gasteiger partial charge in [-0.2, -0.15) is 0 Å². The summed E-state index contributed by atoms with van der Waals surface area (Å²) in [5.74, 6) is -0.747. The van der Waals surface area contributed by atoms with E-state index in [2.05, 4.69) is 28.2 Å². The number of amides is 1. The summed E-state index contributed by atoms with van der Waals surface area (Å²) >= 11 is 9.74. The maximum Gasteiger partial charge on any atom is 0.311 e. The average Bonchev–Trinajstić information content (AvgIpc) is 3.05. The molecule has 0 aromatic heterocycles. The summed E-state index contributed by atoms with van der Waals surface area (Å²) in [5, 5.41) is 13.9. The number of non-ortho nitro benzene ring substituents is 1. The van der Waals surface area contributed by atoms with Crippen LogP contribution in [0, 0.1) is 10.1 Å². The Kier molecular flexibility index (Phi) is 17.6. The van der Waals surface area contributed by atoms with Crippen molar-refractivity contribution in [3.05, 3.63) is 97.0 Å². The van der Waals surface area contributed by atoms with Crippen LogP contribution in [0.1, 0.15) is 131 Å². The summed E-state index contributed by atoms with van der Waals surface area (Å²) in [6, 6.07) is 17.0. The van der Waals surface area contributed by atoms with E-state index in [-0.39, 0.29) is 34.1 Å². The number of nitro benzene ring substituents is 1. The Balaban J connectivity index is 1.53. The van der Waals surface area contributed by atoms with Crippen LogP contribution in [0.5, 0.6) is 5.75 Å². The number of halogens is 2. The highest BCUT2D eigenvalue weighted by Crippen LogP contribution is 2.33. The van der Waals surface area contributed by atoms with Crippen LogP contribution in [0.25, 0.3) is 0 Å². The summed E-state index contributed by atoms with van der Waals surface area (Å²) in [5.41, 5.74) is 1.85. The first-order chi connectivity index (χ1) is 22.8. The summed E-state index contributed by atoms with van der Waals surface area (Å²) in [6.07, 6.45) is 19.4. The van der Waals surface area contributed by atoms with Gasteiger partial charge in [-0.1, -0.05) is 155 Å². The number of hydrogen-bond acceptors (Lipinski definition) is 5. The Morgan fingerprint density at radius 3 is 1.94 bits per heavy atom. The van der Waals surface area contributed by atoms with Gasteiger partial charge in [-0.3, -0.25) is 19.7 Å². The Labute approximate surface area is 293 Å². The van der Waals surface area contributed by atoms with Crippen molar-refractivity contribution in [2.24, 2.45) is 0 Å². The van der Waals surface area contributed by atoms with Crippen LogP contribution in [-0.2, 0) is 11.2 Å². The van der Waals surface area contributed by atoms with E-state index >= 15 is 0 Å². The third kappa shape index (κ3) is 14.2. The number of carbonyl (C=O) groups is 2. The Morgan fingerprint density at radius 2 is 1.38 bits per heavy atom. The maximum absolute atomic E-state index is 13.5. The molecule has 0 saturated heterocycles. The zero-order chi connectivity index (χ0) is 33.9. The molecule has 0 fully saturated rings. The number of ether oxygens (including phenoxy) is 1. The van der Waals surface area contributed by atoms with Gasteiger partial charge in [0.1, 0.15) is 5.75 Å². The fraction of sp³-hybridized carbons (Fsp3) is 0.474. The van der Waals surface area contributed by atoms with E-state index in [0.717, 1.165) is 24.8 Å². The summed E-state index contributed by atoms with van der Waals surface area (Å²) in [4.78, 5) is 37.2. The van der Waals surface area contributed by atoms with Crippen LogP contribution in [-0.4, -0.2) is 16.8 Å². The van der Waals surface area contributed by atoms with E-state index in [0.29, 0.717) is 16.5 Å². The van der Waals surface area contributed by atoms with E-state index in [1.807, 2.05) is 36.4 Å². The van der Waals surface area contributed by atoms with Crippen molar-refractivity contribution in [1.29, 1.82) is 0 Å². The van der Waals surface area contributed by atoms with Gasteiger partial charge in [0.2, 0.25) is 0 Å². The third-order valence-electron chi connectivity index (χ3n) is 8.22. The van der Waals surface area contributed by atoms with Crippen LogP contribution in [0.4, 0.5) is 11.4 Å². The van der Waals surface area contributed by atoms with E-state index in [9.17, 15) is 19.7 Å². The molecule has 0 atom stereocenters. The standard InChI is InChI=1S/C38H48BrClN2O5/c1-2-3-4-5-6-7-8-9-10-11-12-13-14-15-19-22-36(43)47-37-30(25-29-20-17-16-18-21-29)26-31(39)27-33(37)38(44)41-35-24-23-32(42(45)46)28-34(35)40/h16-18,20-21,23-24,26-28H,2-15,19,22,25H2,1H3,(H,41,44). The van der Waals surface area contributed by atoms with Gasteiger partial charge in [-0.25, -0.2) is 0 Å². The molecule has 1 amide bonds. The first-order valence-electron chi connectivity index (χ1n) is 17.1. The predicted molar refractivity (Wildman–Crippen MR) is 195 cm³/mol. The van der Waals surface area contributed by atoms with Crippen molar-refractivity contribution in [3.8, 4) is 5.75 Å². The monoisotopic (exact) mass is 726 g/mol. The van der Waals surface area contributed by atoms with Gasteiger partial charge >= 0.3 is 5.97 Å². The molecule has 3 aromatic rings. The molecule has 0 heterocycles. The number of carbonyl (C=O) groups excluding carboxylic acids is 2. The lowest BCUT2D eigenvalue weighted by molar-refractivity contribution is -0.384. The lowest BCUT2D eigenvalue weighted by Crippen LogP contribution is -2.18. The number of rotatable bonds is 22. The second kappa shape index (κ2) is 21.6. The summed E-state index contributed by atoms with van der Waals surface area (Å²) in [6.45, 7) is 2.26. The maximum atomic E-state index is 13.5. The second-order valence-corrected chi connectivity index (χ2v) is 13.5.